The van der Waals surface area contributed by atoms with Crippen LogP contribution in [0.15, 0.2) is 24.3 Å². The minimum absolute atomic E-state index is 0.0242. The van der Waals surface area contributed by atoms with E-state index in [2.05, 4.69) is 12.4 Å². The van der Waals surface area contributed by atoms with Crippen LogP contribution >= 0.6 is 11.3 Å². The molecule has 1 fully saturated rings. The largest absolute Gasteiger partial charge is 0.328 e. The molecule has 0 saturated carbocycles. The number of quaternary nitrogens is 2. The molecule has 0 atom stereocenters. The van der Waals surface area contributed by atoms with Crippen LogP contribution < -0.4 is 15.1 Å². The number of hydrogen-bond acceptors (Lipinski definition) is 3. The van der Waals surface area contributed by atoms with Gasteiger partial charge in [-0.1, -0.05) is 29.8 Å². The molecule has 6 heteroatoms. The second kappa shape index (κ2) is 8.78. The average Bonchev–Trinajstić information content (AvgIpc) is 3.07. The van der Waals surface area contributed by atoms with Gasteiger partial charge in [0.2, 0.25) is 0 Å². The highest BCUT2D eigenvalue weighted by Crippen LogP contribution is 2.39. The van der Waals surface area contributed by atoms with Gasteiger partial charge in [0.05, 0.1) is 12.6 Å². The van der Waals surface area contributed by atoms with Gasteiger partial charge in [-0.05, 0) is 38.2 Å². The summed E-state index contributed by atoms with van der Waals surface area (Å²) in [5.74, 6) is 0.0614. The lowest BCUT2D eigenvalue weighted by atomic mass is 9.91. The van der Waals surface area contributed by atoms with E-state index in [1.54, 1.807) is 11.3 Å². The molecule has 29 heavy (non-hydrogen) atoms. The fourth-order valence-electron chi connectivity index (χ4n) is 4.35. The standard InChI is InChI=1S/C23H29N3O2S/c1-16-7-9-17(10-8-16)22(28)21-18-5-3-4-6-19(18)29-23(21)24-20(27)15-26-13-11-25(2)12-14-26/h7-10H,3-6,11-15H2,1-2H3,(H,24,27)/p+2. The van der Waals surface area contributed by atoms with E-state index >= 15 is 0 Å². The molecule has 1 aliphatic carbocycles. The lowest BCUT2D eigenvalue weighted by Gasteiger charge is -2.26. The van der Waals surface area contributed by atoms with Gasteiger partial charge in [0.1, 0.15) is 31.2 Å². The summed E-state index contributed by atoms with van der Waals surface area (Å²) in [4.78, 5) is 30.3. The van der Waals surface area contributed by atoms with Gasteiger partial charge >= 0.3 is 0 Å². The molecule has 2 aromatic rings. The van der Waals surface area contributed by atoms with E-state index in [0.717, 1.165) is 73.6 Å². The Bertz CT molecular complexity index is 896. The van der Waals surface area contributed by atoms with Gasteiger partial charge in [-0.2, -0.15) is 0 Å². The molecular weight excluding hydrogens is 382 g/mol. The van der Waals surface area contributed by atoms with E-state index in [1.807, 2.05) is 31.2 Å². The first-order chi connectivity index (χ1) is 14.0. The van der Waals surface area contributed by atoms with Crippen molar-refractivity contribution in [2.45, 2.75) is 32.6 Å². The van der Waals surface area contributed by atoms with Gasteiger partial charge < -0.3 is 15.1 Å². The van der Waals surface area contributed by atoms with E-state index < -0.39 is 0 Å². The van der Waals surface area contributed by atoms with Crippen LogP contribution in [0.5, 0.6) is 0 Å². The van der Waals surface area contributed by atoms with Crippen molar-refractivity contribution in [3.63, 3.8) is 0 Å². The molecule has 0 spiro atoms. The van der Waals surface area contributed by atoms with Crippen molar-refractivity contribution in [1.29, 1.82) is 0 Å². The van der Waals surface area contributed by atoms with E-state index in [0.29, 0.717) is 12.1 Å². The highest BCUT2D eigenvalue weighted by Gasteiger charge is 2.28. The number of benzene rings is 1. The molecule has 154 valence electrons. The Hall–Kier alpha value is -2.02. The predicted molar refractivity (Wildman–Crippen MR) is 116 cm³/mol. The van der Waals surface area contributed by atoms with Crippen molar-refractivity contribution < 1.29 is 19.4 Å². The van der Waals surface area contributed by atoms with Crippen molar-refractivity contribution in [3.8, 4) is 0 Å². The number of fused-ring (bicyclic) bond motifs is 1. The highest BCUT2D eigenvalue weighted by molar-refractivity contribution is 7.17. The lowest BCUT2D eigenvalue weighted by molar-refractivity contribution is -0.999. The van der Waals surface area contributed by atoms with Crippen molar-refractivity contribution >= 4 is 28.0 Å². The molecule has 2 aliphatic rings. The van der Waals surface area contributed by atoms with Gasteiger partial charge in [-0.3, -0.25) is 9.59 Å². The molecule has 3 N–H and O–H groups in total. The Morgan fingerprint density at radius 1 is 1.03 bits per heavy atom. The molecule has 4 rings (SSSR count). The number of hydrogen-bond donors (Lipinski definition) is 3. The van der Waals surface area contributed by atoms with Gasteiger partial charge in [0.15, 0.2) is 12.3 Å². The number of amides is 1. The van der Waals surface area contributed by atoms with E-state index in [-0.39, 0.29) is 11.7 Å². The lowest BCUT2D eigenvalue weighted by Crippen LogP contribution is -3.27. The zero-order valence-corrected chi connectivity index (χ0v) is 18.2. The van der Waals surface area contributed by atoms with Crippen LogP contribution in [0.25, 0.3) is 0 Å². The third-order valence-corrected chi connectivity index (χ3v) is 7.39. The number of anilines is 1. The number of carbonyl (C=O) groups is 2. The first-order valence-corrected chi connectivity index (χ1v) is 11.5. The quantitative estimate of drug-likeness (QED) is 0.626. The monoisotopic (exact) mass is 413 g/mol. The second-order valence-electron chi connectivity index (χ2n) is 8.54. The minimum atomic E-state index is 0.0242. The van der Waals surface area contributed by atoms with Gasteiger partial charge in [-0.15, -0.1) is 11.3 Å². The Labute approximate surface area is 176 Å². The molecule has 1 aromatic carbocycles. The topological polar surface area (TPSA) is 55.0 Å². The molecule has 0 unspecified atom stereocenters. The van der Waals surface area contributed by atoms with E-state index in [1.165, 1.54) is 14.7 Å². The first-order valence-electron chi connectivity index (χ1n) is 10.7. The Balaban J connectivity index is 1.56. The average molecular weight is 414 g/mol. The zero-order valence-electron chi connectivity index (χ0n) is 17.4. The summed E-state index contributed by atoms with van der Waals surface area (Å²) in [6, 6.07) is 7.74. The summed E-state index contributed by atoms with van der Waals surface area (Å²) in [7, 11) is 2.20. The van der Waals surface area contributed by atoms with Crippen LogP contribution in [0.1, 0.15) is 44.8 Å². The number of aryl methyl sites for hydroxylation is 2. The normalized spacial score (nSPS) is 21.4. The maximum absolute atomic E-state index is 13.4. The van der Waals surface area contributed by atoms with Gasteiger partial charge in [0.25, 0.3) is 5.91 Å². The van der Waals surface area contributed by atoms with Crippen LogP contribution in [0, 0.1) is 6.92 Å². The molecule has 2 heterocycles. The van der Waals surface area contributed by atoms with Gasteiger partial charge in [0, 0.05) is 10.4 Å². The summed E-state index contributed by atoms with van der Waals surface area (Å²) in [6.07, 6.45) is 4.21. The van der Waals surface area contributed by atoms with E-state index in [4.69, 9.17) is 0 Å². The van der Waals surface area contributed by atoms with Crippen molar-refractivity contribution in [2.75, 3.05) is 45.1 Å². The van der Waals surface area contributed by atoms with E-state index in [9.17, 15) is 9.59 Å². The predicted octanol–water partition coefficient (Wildman–Crippen LogP) is 0.518. The summed E-state index contributed by atoms with van der Waals surface area (Å²) < 4.78 is 0. The summed E-state index contributed by atoms with van der Waals surface area (Å²) in [5, 5.41) is 3.88. The smallest absolute Gasteiger partial charge is 0.280 e. The fourth-order valence-corrected chi connectivity index (χ4v) is 5.65. The SMILES string of the molecule is Cc1ccc(C(=O)c2c(NC(=O)C[NH+]3CC[NH+](C)CC3)sc3c2CCCC3)cc1. The highest BCUT2D eigenvalue weighted by atomic mass is 32.1. The molecule has 0 bridgehead atoms. The number of thiophene rings is 1. The van der Waals surface area contributed by atoms with Crippen LogP contribution in [0.3, 0.4) is 0 Å². The molecular formula is C23H31N3O2S+2. The van der Waals surface area contributed by atoms with Crippen molar-refractivity contribution in [1.82, 2.24) is 0 Å². The third-order valence-electron chi connectivity index (χ3n) is 6.19. The van der Waals surface area contributed by atoms with Crippen LogP contribution in [-0.4, -0.2) is 51.5 Å². The molecule has 1 aromatic heterocycles. The number of ketones is 1. The van der Waals surface area contributed by atoms with Crippen LogP contribution in [0.2, 0.25) is 0 Å². The number of rotatable bonds is 5. The van der Waals surface area contributed by atoms with Crippen LogP contribution in [-0.2, 0) is 17.6 Å². The number of nitrogens with one attached hydrogen (secondary N) is 3. The maximum Gasteiger partial charge on any atom is 0.280 e. The number of piperazine rings is 1. The zero-order chi connectivity index (χ0) is 20.4. The first kappa shape index (κ1) is 20.3. The maximum atomic E-state index is 13.4. The third kappa shape index (κ3) is 4.60. The minimum Gasteiger partial charge on any atom is -0.328 e. The fraction of sp³-hybridized carbons (Fsp3) is 0.478. The Morgan fingerprint density at radius 2 is 1.72 bits per heavy atom. The Morgan fingerprint density at radius 3 is 2.45 bits per heavy atom. The summed E-state index contributed by atoms with van der Waals surface area (Å²) in [5.41, 5.74) is 3.74. The Kier molecular flexibility index (Phi) is 6.13. The number of likely N-dealkylation sites (N-methyl/N-ethyl adjacent to an activating group) is 1. The molecule has 1 aliphatic heterocycles. The summed E-state index contributed by atoms with van der Waals surface area (Å²) in [6.45, 7) is 6.76. The molecule has 0 radical (unpaired) electrons. The second-order valence-corrected chi connectivity index (χ2v) is 9.65. The molecule has 1 saturated heterocycles. The van der Waals surface area contributed by atoms with Crippen LogP contribution in [0.4, 0.5) is 5.00 Å². The molecule has 1 amide bonds. The summed E-state index contributed by atoms with van der Waals surface area (Å²) >= 11 is 1.61. The van der Waals surface area contributed by atoms with Crippen molar-refractivity contribution in [2.24, 2.45) is 0 Å². The van der Waals surface area contributed by atoms with Gasteiger partial charge in [-0.25, -0.2) is 0 Å². The van der Waals surface area contributed by atoms with Crippen molar-refractivity contribution in [3.05, 3.63) is 51.4 Å². The molecule has 5 nitrogen and oxygen atoms in total. The number of carbonyl (C=O) groups excluding carboxylic acids is 2.